The highest BCUT2D eigenvalue weighted by Crippen LogP contribution is 2.23. The summed E-state index contributed by atoms with van der Waals surface area (Å²) in [5.74, 6) is 0.591. The lowest BCUT2D eigenvalue weighted by atomic mass is 10.2. The first-order chi connectivity index (χ1) is 9.22. The van der Waals surface area contributed by atoms with Gasteiger partial charge in [0.05, 0.1) is 0 Å². The van der Waals surface area contributed by atoms with E-state index in [9.17, 15) is 4.79 Å². The largest absolute Gasteiger partial charge is 0.368 e. The van der Waals surface area contributed by atoms with E-state index in [1.807, 2.05) is 17.2 Å². The van der Waals surface area contributed by atoms with Crippen molar-refractivity contribution < 1.29 is 4.79 Å². The normalized spacial score (nSPS) is 18.8. The third-order valence-electron chi connectivity index (χ3n) is 3.44. The fourth-order valence-electron chi connectivity index (χ4n) is 2.44. The summed E-state index contributed by atoms with van der Waals surface area (Å²) in [4.78, 5) is 17.8. The molecule has 1 aromatic rings. The Morgan fingerprint density at radius 3 is 3.05 bits per heavy atom. The van der Waals surface area contributed by atoms with Crippen molar-refractivity contribution in [1.82, 2.24) is 10.3 Å². The molecule has 1 unspecified atom stereocenters. The number of carbonyl (C=O) groups excluding carboxylic acids is 1. The Labute approximate surface area is 114 Å². The van der Waals surface area contributed by atoms with Crippen molar-refractivity contribution in [2.75, 3.05) is 18.0 Å². The molecule has 0 spiro atoms. The third-order valence-corrected chi connectivity index (χ3v) is 3.44. The lowest BCUT2D eigenvalue weighted by Crippen LogP contribution is -2.40. The number of amides is 1. The van der Waals surface area contributed by atoms with Crippen molar-refractivity contribution in [1.29, 1.82) is 0 Å². The first-order valence-electron chi connectivity index (χ1n) is 6.94. The second-order valence-corrected chi connectivity index (χ2v) is 4.96. The van der Waals surface area contributed by atoms with Crippen LogP contribution in [0.15, 0.2) is 18.3 Å². The molecule has 0 saturated carbocycles. The van der Waals surface area contributed by atoms with Crippen LogP contribution in [0.2, 0.25) is 0 Å². The van der Waals surface area contributed by atoms with Gasteiger partial charge in [-0.25, -0.2) is 4.98 Å². The molecule has 2 rings (SSSR count). The van der Waals surface area contributed by atoms with Gasteiger partial charge < -0.3 is 16.0 Å². The minimum Gasteiger partial charge on any atom is -0.368 e. The summed E-state index contributed by atoms with van der Waals surface area (Å²) in [5, 5.41) is 3.34. The van der Waals surface area contributed by atoms with Gasteiger partial charge in [-0.05, 0) is 37.4 Å². The summed E-state index contributed by atoms with van der Waals surface area (Å²) in [6.07, 6.45) is 4.82. The van der Waals surface area contributed by atoms with Gasteiger partial charge in [0, 0.05) is 19.3 Å². The molecule has 0 aromatic carbocycles. The van der Waals surface area contributed by atoms with Gasteiger partial charge in [-0.2, -0.15) is 0 Å². The molecule has 1 amide bonds. The molecule has 1 aromatic heterocycles. The van der Waals surface area contributed by atoms with Gasteiger partial charge in [-0.15, -0.1) is 0 Å². The van der Waals surface area contributed by atoms with Crippen LogP contribution < -0.4 is 16.0 Å². The summed E-state index contributed by atoms with van der Waals surface area (Å²) >= 11 is 0. The van der Waals surface area contributed by atoms with Gasteiger partial charge in [0.15, 0.2) is 0 Å². The highest BCUT2D eigenvalue weighted by Gasteiger charge is 2.29. The predicted octanol–water partition coefficient (Wildman–Crippen LogP) is 1.04. The highest BCUT2D eigenvalue weighted by molar-refractivity contribution is 5.83. The zero-order chi connectivity index (χ0) is 13.7. The second kappa shape index (κ2) is 6.52. The molecule has 1 atom stereocenters. The monoisotopic (exact) mass is 262 g/mol. The van der Waals surface area contributed by atoms with Crippen LogP contribution in [-0.2, 0) is 11.3 Å². The number of nitrogens with one attached hydrogen (secondary N) is 1. The molecule has 1 fully saturated rings. The van der Waals surface area contributed by atoms with Crippen LogP contribution in [0, 0.1) is 0 Å². The molecular weight excluding hydrogens is 240 g/mol. The molecule has 104 valence electrons. The van der Waals surface area contributed by atoms with E-state index in [0.717, 1.165) is 50.3 Å². The summed E-state index contributed by atoms with van der Waals surface area (Å²) in [6.45, 7) is 4.84. The van der Waals surface area contributed by atoms with Gasteiger partial charge in [0.1, 0.15) is 11.9 Å². The van der Waals surface area contributed by atoms with E-state index in [2.05, 4.69) is 23.3 Å². The number of rotatable bonds is 6. The van der Waals surface area contributed by atoms with Gasteiger partial charge in [0.2, 0.25) is 5.91 Å². The molecule has 19 heavy (non-hydrogen) atoms. The number of primary amides is 1. The molecule has 1 aliphatic heterocycles. The summed E-state index contributed by atoms with van der Waals surface area (Å²) in [6, 6.07) is 3.84. The fourth-order valence-corrected chi connectivity index (χ4v) is 2.44. The topological polar surface area (TPSA) is 71.2 Å². The van der Waals surface area contributed by atoms with Crippen molar-refractivity contribution >= 4 is 11.7 Å². The van der Waals surface area contributed by atoms with E-state index in [1.54, 1.807) is 0 Å². The summed E-state index contributed by atoms with van der Waals surface area (Å²) in [7, 11) is 0. The van der Waals surface area contributed by atoms with E-state index in [1.165, 1.54) is 0 Å². The number of pyridine rings is 1. The Bertz CT molecular complexity index is 418. The maximum absolute atomic E-state index is 11.4. The number of aromatic nitrogens is 1. The van der Waals surface area contributed by atoms with E-state index in [4.69, 9.17) is 5.73 Å². The molecule has 0 aliphatic carbocycles. The molecule has 5 nitrogen and oxygen atoms in total. The van der Waals surface area contributed by atoms with Crippen LogP contribution in [-0.4, -0.2) is 30.0 Å². The van der Waals surface area contributed by atoms with Crippen molar-refractivity contribution in [2.45, 2.75) is 38.8 Å². The van der Waals surface area contributed by atoms with Crippen molar-refractivity contribution in [2.24, 2.45) is 5.73 Å². The van der Waals surface area contributed by atoms with Crippen LogP contribution >= 0.6 is 0 Å². The summed E-state index contributed by atoms with van der Waals surface area (Å²) < 4.78 is 0. The molecule has 2 heterocycles. The van der Waals surface area contributed by atoms with Crippen LogP contribution in [0.4, 0.5) is 5.82 Å². The Balaban J connectivity index is 1.99. The van der Waals surface area contributed by atoms with E-state index in [0.29, 0.717) is 0 Å². The Hall–Kier alpha value is -1.62. The van der Waals surface area contributed by atoms with Crippen LogP contribution in [0.1, 0.15) is 31.7 Å². The average molecular weight is 262 g/mol. The zero-order valence-corrected chi connectivity index (χ0v) is 11.4. The minimum absolute atomic E-state index is 0.198. The van der Waals surface area contributed by atoms with Crippen molar-refractivity contribution in [3.63, 3.8) is 0 Å². The molecule has 5 heteroatoms. The number of hydrogen-bond acceptors (Lipinski definition) is 4. The van der Waals surface area contributed by atoms with Gasteiger partial charge in [-0.3, -0.25) is 4.79 Å². The zero-order valence-electron chi connectivity index (χ0n) is 11.4. The molecule has 1 saturated heterocycles. The first-order valence-corrected chi connectivity index (χ1v) is 6.94. The van der Waals surface area contributed by atoms with Crippen molar-refractivity contribution in [3.8, 4) is 0 Å². The number of anilines is 1. The van der Waals surface area contributed by atoms with Gasteiger partial charge in [0.25, 0.3) is 0 Å². The second-order valence-electron chi connectivity index (χ2n) is 4.96. The molecule has 3 N–H and O–H groups in total. The summed E-state index contributed by atoms with van der Waals surface area (Å²) in [5.41, 5.74) is 6.58. The third kappa shape index (κ3) is 3.44. The lowest BCUT2D eigenvalue weighted by Gasteiger charge is -2.23. The number of carbonyl (C=O) groups is 1. The predicted molar refractivity (Wildman–Crippen MR) is 75.8 cm³/mol. The molecule has 1 aliphatic rings. The van der Waals surface area contributed by atoms with Crippen molar-refractivity contribution in [3.05, 3.63) is 23.9 Å². The lowest BCUT2D eigenvalue weighted by molar-refractivity contribution is -0.119. The van der Waals surface area contributed by atoms with E-state index < -0.39 is 0 Å². The number of nitrogens with two attached hydrogens (primary N) is 1. The first kappa shape index (κ1) is 13.8. The minimum atomic E-state index is -0.256. The Morgan fingerprint density at radius 2 is 2.42 bits per heavy atom. The van der Waals surface area contributed by atoms with E-state index in [-0.39, 0.29) is 11.9 Å². The Kier molecular flexibility index (Phi) is 4.74. The molecule has 0 bridgehead atoms. The number of hydrogen-bond donors (Lipinski definition) is 2. The smallest absolute Gasteiger partial charge is 0.240 e. The maximum atomic E-state index is 11.4. The fraction of sp³-hybridized carbons (Fsp3) is 0.571. The van der Waals surface area contributed by atoms with Crippen LogP contribution in [0.5, 0.6) is 0 Å². The van der Waals surface area contributed by atoms with Crippen LogP contribution in [0.25, 0.3) is 0 Å². The van der Waals surface area contributed by atoms with Gasteiger partial charge in [-0.1, -0.05) is 13.0 Å². The standard InChI is InChI=1S/C14H22N4O/c1-2-7-16-9-11-5-6-13(17-10-11)18-8-3-4-12(18)14(15)19/h5-6,10,12,16H,2-4,7-9H2,1H3,(H2,15,19). The average Bonchev–Trinajstić information content (AvgIpc) is 2.89. The number of nitrogens with zero attached hydrogens (tertiary/aromatic N) is 2. The Morgan fingerprint density at radius 1 is 1.58 bits per heavy atom. The quantitative estimate of drug-likeness (QED) is 0.751. The maximum Gasteiger partial charge on any atom is 0.240 e. The highest BCUT2D eigenvalue weighted by atomic mass is 16.1. The van der Waals surface area contributed by atoms with Crippen LogP contribution in [0.3, 0.4) is 0 Å². The SMILES string of the molecule is CCCNCc1ccc(N2CCCC2C(N)=O)nc1. The molecule has 0 radical (unpaired) electrons. The van der Waals surface area contributed by atoms with E-state index >= 15 is 0 Å². The van der Waals surface area contributed by atoms with Gasteiger partial charge >= 0.3 is 0 Å². The molecular formula is C14H22N4O.